The molecule has 0 fully saturated rings. The third kappa shape index (κ3) is 3.29. The Morgan fingerprint density at radius 2 is 1.78 bits per heavy atom. The summed E-state index contributed by atoms with van der Waals surface area (Å²) < 4.78 is 0. The second-order valence-electron chi connectivity index (χ2n) is 5.01. The number of benzene rings is 1. The Kier molecular flexibility index (Phi) is 4.46. The van der Waals surface area contributed by atoms with Gasteiger partial charge in [0, 0.05) is 11.6 Å². The van der Waals surface area contributed by atoms with E-state index in [1.54, 1.807) is 12.1 Å². The summed E-state index contributed by atoms with van der Waals surface area (Å²) in [5.74, 6) is 0. The van der Waals surface area contributed by atoms with E-state index in [9.17, 15) is 4.79 Å². The lowest BCUT2D eigenvalue weighted by Crippen LogP contribution is -2.57. The molecule has 0 saturated heterocycles. The molecule has 0 aliphatic rings. The van der Waals surface area contributed by atoms with Crippen LogP contribution in [0.2, 0.25) is 5.02 Å². The zero-order valence-corrected chi connectivity index (χ0v) is 12.0. The fourth-order valence-electron chi connectivity index (χ4n) is 1.87. The number of nitrogens with two attached hydrogens (primary N) is 1. The summed E-state index contributed by atoms with van der Waals surface area (Å²) in [5, 5.41) is 4.06. The van der Waals surface area contributed by atoms with Gasteiger partial charge in [-0.2, -0.15) is 0 Å². The van der Waals surface area contributed by atoms with Crippen LogP contribution in [-0.4, -0.2) is 23.1 Å². The van der Waals surface area contributed by atoms with Crippen LogP contribution in [0, 0.1) is 0 Å². The van der Waals surface area contributed by atoms with Gasteiger partial charge in [-0.25, -0.2) is 9.80 Å². The summed E-state index contributed by atoms with van der Waals surface area (Å²) in [6, 6.07) is 6.87. The number of hydrogen-bond donors (Lipinski definition) is 1. The second kappa shape index (κ2) is 5.48. The zero-order chi connectivity index (χ0) is 13.9. The summed E-state index contributed by atoms with van der Waals surface area (Å²) in [5.41, 5.74) is 6.05. The third-order valence-electron chi connectivity index (χ3n) is 2.50. The Labute approximate surface area is 113 Å². The van der Waals surface area contributed by atoms with Crippen molar-refractivity contribution < 1.29 is 4.79 Å². The molecule has 0 aromatic heterocycles. The second-order valence-corrected chi connectivity index (χ2v) is 5.45. The normalized spacial score (nSPS) is 11.2. The van der Waals surface area contributed by atoms with Crippen molar-refractivity contribution in [3.05, 3.63) is 29.3 Å². The van der Waals surface area contributed by atoms with Gasteiger partial charge in [0.2, 0.25) is 0 Å². The number of anilines is 1. The molecular weight excluding hydrogens is 250 g/mol. The van der Waals surface area contributed by atoms with Crippen LogP contribution in [-0.2, 0) is 0 Å². The summed E-state index contributed by atoms with van der Waals surface area (Å²) in [6.07, 6.45) is 0. The number of halogens is 1. The average Bonchev–Trinajstić information content (AvgIpc) is 2.25. The quantitative estimate of drug-likeness (QED) is 0.857. The Balaban J connectivity index is 3.21. The van der Waals surface area contributed by atoms with Gasteiger partial charge < -0.3 is 5.73 Å². The van der Waals surface area contributed by atoms with Gasteiger partial charge in [-0.05, 0) is 52.0 Å². The fraction of sp³-hybridized carbons (Fsp3) is 0.462. The molecule has 4 nitrogen and oxygen atoms in total. The van der Waals surface area contributed by atoms with E-state index in [-0.39, 0.29) is 5.54 Å². The number of rotatable bonds is 3. The number of hydrazine groups is 1. The van der Waals surface area contributed by atoms with E-state index in [0.29, 0.717) is 11.6 Å². The lowest BCUT2D eigenvalue weighted by atomic mass is 10.1. The number of urea groups is 1. The lowest BCUT2D eigenvalue weighted by Gasteiger charge is -2.44. The fourth-order valence-corrected chi connectivity index (χ4v) is 1.99. The van der Waals surface area contributed by atoms with Crippen molar-refractivity contribution in [1.29, 1.82) is 0 Å². The zero-order valence-electron chi connectivity index (χ0n) is 11.3. The maximum Gasteiger partial charge on any atom is 0.333 e. The molecule has 0 saturated carbocycles. The first kappa shape index (κ1) is 14.6. The molecule has 0 heterocycles. The molecular formula is C13H20ClN3O. The van der Waals surface area contributed by atoms with Crippen LogP contribution in [0.25, 0.3) is 0 Å². The minimum atomic E-state index is -0.470. The first-order chi connectivity index (χ1) is 8.27. The highest BCUT2D eigenvalue weighted by molar-refractivity contribution is 6.30. The van der Waals surface area contributed by atoms with Crippen LogP contribution >= 0.6 is 11.6 Å². The number of carbonyl (C=O) groups excluding carboxylic acids is 1. The largest absolute Gasteiger partial charge is 0.350 e. The van der Waals surface area contributed by atoms with E-state index in [2.05, 4.69) is 0 Å². The summed E-state index contributed by atoms with van der Waals surface area (Å²) >= 11 is 5.88. The minimum absolute atomic E-state index is 0.265. The van der Waals surface area contributed by atoms with E-state index in [0.717, 1.165) is 5.69 Å². The first-order valence-electron chi connectivity index (χ1n) is 5.90. The monoisotopic (exact) mass is 269 g/mol. The molecule has 0 aliphatic heterocycles. The summed E-state index contributed by atoms with van der Waals surface area (Å²) in [4.78, 5) is 11.5. The molecule has 1 rings (SSSR count). The Bertz CT molecular complexity index is 411. The van der Waals surface area contributed by atoms with Crippen molar-refractivity contribution in [2.24, 2.45) is 5.73 Å². The van der Waals surface area contributed by atoms with Gasteiger partial charge in [-0.15, -0.1) is 0 Å². The number of nitrogens with zero attached hydrogens (tertiary/aromatic N) is 2. The van der Waals surface area contributed by atoms with Gasteiger partial charge in [-0.3, -0.25) is 5.01 Å². The maximum atomic E-state index is 11.5. The topological polar surface area (TPSA) is 49.6 Å². The molecule has 1 aromatic carbocycles. The van der Waals surface area contributed by atoms with Crippen molar-refractivity contribution in [2.75, 3.05) is 11.6 Å². The number of carbonyl (C=O) groups is 1. The highest BCUT2D eigenvalue weighted by Crippen LogP contribution is 2.27. The Morgan fingerprint density at radius 1 is 1.28 bits per heavy atom. The minimum Gasteiger partial charge on any atom is -0.350 e. The van der Waals surface area contributed by atoms with Crippen LogP contribution in [0.1, 0.15) is 27.7 Å². The average molecular weight is 270 g/mol. The van der Waals surface area contributed by atoms with E-state index in [1.165, 1.54) is 5.01 Å². The third-order valence-corrected chi connectivity index (χ3v) is 2.75. The van der Waals surface area contributed by atoms with Gasteiger partial charge in [0.05, 0.1) is 11.2 Å². The molecule has 0 atom stereocenters. The van der Waals surface area contributed by atoms with Crippen molar-refractivity contribution in [3.63, 3.8) is 0 Å². The van der Waals surface area contributed by atoms with E-state index < -0.39 is 6.03 Å². The van der Waals surface area contributed by atoms with E-state index in [1.807, 2.05) is 44.8 Å². The number of hydrogen-bond acceptors (Lipinski definition) is 2. The number of amides is 2. The lowest BCUT2D eigenvalue weighted by molar-refractivity contribution is 0.187. The highest BCUT2D eigenvalue weighted by Gasteiger charge is 2.29. The summed E-state index contributed by atoms with van der Waals surface area (Å²) in [6.45, 7) is 8.46. The molecule has 0 spiro atoms. The van der Waals surface area contributed by atoms with Crippen molar-refractivity contribution >= 4 is 23.3 Å². The SMILES string of the molecule is CCN(C(N)=O)N(c1ccc(Cl)cc1)C(C)(C)C. The standard InChI is InChI=1S/C13H20ClN3O/c1-5-16(12(15)18)17(13(2,3)4)11-8-6-10(14)7-9-11/h6-9H,5H2,1-4H3,(H2,15,18). The highest BCUT2D eigenvalue weighted by atomic mass is 35.5. The molecule has 0 bridgehead atoms. The van der Waals surface area contributed by atoms with Gasteiger partial charge >= 0.3 is 6.03 Å². The predicted octanol–water partition coefficient (Wildman–Crippen LogP) is 3.26. The molecule has 100 valence electrons. The molecule has 18 heavy (non-hydrogen) atoms. The van der Waals surface area contributed by atoms with Gasteiger partial charge in [-0.1, -0.05) is 11.6 Å². The van der Waals surface area contributed by atoms with E-state index >= 15 is 0 Å². The maximum absolute atomic E-state index is 11.5. The van der Waals surface area contributed by atoms with Crippen LogP contribution in [0.5, 0.6) is 0 Å². The van der Waals surface area contributed by atoms with Crippen LogP contribution in [0.4, 0.5) is 10.5 Å². The van der Waals surface area contributed by atoms with Gasteiger partial charge in [0.1, 0.15) is 0 Å². The van der Waals surface area contributed by atoms with Crippen molar-refractivity contribution in [2.45, 2.75) is 33.2 Å². The molecule has 0 radical (unpaired) electrons. The van der Waals surface area contributed by atoms with Gasteiger partial charge in [0.25, 0.3) is 0 Å². The van der Waals surface area contributed by atoms with Crippen LogP contribution < -0.4 is 10.7 Å². The van der Waals surface area contributed by atoms with Gasteiger partial charge in [0.15, 0.2) is 0 Å². The molecule has 2 amide bonds. The molecule has 2 N–H and O–H groups in total. The van der Waals surface area contributed by atoms with Crippen LogP contribution in [0.3, 0.4) is 0 Å². The van der Waals surface area contributed by atoms with Crippen molar-refractivity contribution in [1.82, 2.24) is 5.01 Å². The molecule has 0 aliphatic carbocycles. The predicted molar refractivity (Wildman–Crippen MR) is 75.6 cm³/mol. The summed E-state index contributed by atoms with van der Waals surface area (Å²) in [7, 11) is 0. The van der Waals surface area contributed by atoms with Crippen LogP contribution in [0.15, 0.2) is 24.3 Å². The molecule has 0 unspecified atom stereocenters. The van der Waals surface area contributed by atoms with E-state index in [4.69, 9.17) is 17.3 Å². The van der Waals surface area contributed by atoms with Crippen molar-refractivity contribution in [3.8, 4) is 0 Å². The first-order valence-corrected chi connectivity index (χ1v) is 6.28. The smallest absolute Gasteiger partial charge is 0.333 e. The molecule has 5 heteroatoms. The number of primary amides is 1. The Morgan fingerprint density at radius 3 is 2.11 bits per heavy atom. The molecule has 1 aromatic rings. The Hall–Kier alpha value is -1.42.